The zero-order valence-corrected chi connectivity index (χ0v) is 9.29. The lowest BCUT2D eigenvalue weighted by molar-refractivity contribution is -0.117. The van der Waals surface area contributed by atoms with Crippen molar-refractivity contribution in [2.24, 2.45) is 5.73 Å². The molecule has 0 aliphatic heterocycles. The van der Waals surface area contributed by atoms with E-state index in [-0.39, 0.29) is 5.91 Å². The van der Waals surface area contributed by atoms with Crippen LogP contribution in [0.15, 0.2) is 24.3 Å². The number of para-hydroxylation sites is 1. The first-order valence-electron chi connectivity index (χ1n) is 5.29. The number of nitrogens with one attached hydrogen (secondary N) is 1. The van der Waals surface area contributed by atoms with E-state index in [4.69, 9.17) is 5.73 Å². The van der Waals surface area contributed by atoms with Crippen molar-refractivity contribution in [3.05, 3.63) is 29.8 Å². The third-order valence-corrected chi connectivity index (χ3v) is 2.21. The van der Waals surface area contributed by atoms with Gasteiger partial charge in [0.2, 0.25) is 5.91 Å². The summed E-state index contributed by atoms with van der Waals surface area (Å²) < 4.78 is 0. The number of aryl methyl sites for hydroxylation is 1. The first kappa shape index (κ1) is 11.7. The molecule has 0 unspecified atom stereocenters. The number of amides is 1. The molecule has 0 saturated heterocycles. The van der Waals surface area contributed by atoms with Gasteiger partial charge < -0.3 is 11.1 Å². The molecule has 1 atom stereocenters. The first-order valence-corrected chi connectivity index (χ1v) is 5.29. The van der Waals surface area contributed by atoms with Crippen molar-refractivity contribution in [1.29, 1.82) is 0 Å². The number of carbonyl (C=O) groups excluding carboxylic acids is 1. The highest BCUT2D eigenvalue weighted by atomic mass is 16.2. The Bertz CT molecular complexity index is 334. The highest BCUT2D eigenvalue weighted by molar-refractivity contribution is 5.95. The number of hydrogen-bond donors (Lipinski definition) is 2. The van der Waals surface area contributed by atoms with E-state index in [9.17, 15) is 4.79 Å². The second-order valence-electron chi connectivity index (χ2n) is 3.69. The minimum atomic E-state index is -0.473. The van der Waals surface area contributed by atoms with Gasteiger partial charge in [0.1, 0.15) is 0 Å². The van der Waals surface area contributed by atoms with Gasteiger partial charge in [-0.15, -0.1) is 0 Å². The number of hydrogen-bond acceptors (Lipinski definition) is 2. The molecule has 1 amide bonds. The summed E-state index contributed by atoms with van der Waals surface area (Å²) >= 11 is 0. The minimum Gasteiger partial charge on any atom is -0.324 e. The summed E-state index contributed by atoms with van der Waals surface area (Å²) in [6.07, 6.45) is 2.03. The fraction of sp³-hybridized carbons (Fsp3) is 0.417. The van der Waals surface area contributed by atoms with Gasteiger partial charge >= 0.3 is 0 Å². The van der Waals surface area contributed by atoms with Gasteiger partial charge in [-0.1, -0.05) is 31.5 Å². The highest BCUT2D eigenvalue weighted by Gasteiger charge is 2.09. The van der Waals surface area contributed by atoms with E-state index in [2.05, 4.69) is 12.2 Å². The van der Waals surface area contributed by atoms with Gasteiger partial charge in [-0.2, -0.15) is 0 Å². The van der Waals surface area contributed by atoms with Crippen molar-refractivity contribution in [1.82, 2.24) is 0 Å². The van der Waals surface area contributed by atoms with E-state index in [1.807, 2.05) is 24.3 Å². The topological polar surface area (TPSA) is 55.1 Å². The molecule has 3 nitrogen and oxygen atoms in total. The van der Waals surface area contributed by atoms with Crippen LogP contribution in [0.4, 0.5) is 5.69 Å². The average molecular weight is 206 g/mol. The predicted octanol–water partition coefficient (Wildman–Crippen LogP) is 1.92. The first-order chi connectivity index (χ1) is 7.15. The third kappa shape index (κ3) is 3.36. The maximum absolute atomic E-state index is 11.4. The standard InChI is InChI=1S/C12H18N2O/c1-3-6-10-7-4-5-8-11(10)14-12(15)9(2)13/h4-5,7-9H,3,6,13H2,1-2H3,(H,14,15)/t9-/m1/s1. The monoisotopic (exact) mass is 206 g/mol. The highest BCUT2D eigenvalue weighted by Crippen LogP contribution is 2.16. The van der Waals surface area contributed by atoms with Crippen LogP contribution in [0.1, 0.15) is 25.8 Å². The molecule has 1 rings (SSSR count). The molecule has 3 N–H and O–H groups in total. The number of anilines is 1. The van der Waals surface area contributed by atoms with Gasteiger partial charge in [0.05, 0.1) is 6.04 Å². The summed E-state index contributed by atoms with van der Waals surface area (Å²) in [5.41, 5.74) is 7.53. The predicted molar refractivity (Wildman–Crippen MR) is 62.7 cm³/mol. The molecule has 0 bridgehead atoms. The van der Waals surface area contributed by atoms with Gasteiger partial charge in [-0.25, -0.2) is 0 Å². The lowest BCUT2D eigenvalue weighted by Gasteiger charge is -2.11. The molecule has 3 heteroatoms. The number of benzene rings is 1. The Kier molecular flexibility index (Phi) is 4.31. The Morgan fingerprint density at radius 1 is 1.47 bits per heavy atom. The van der Waals surface area contributed by atoms with Gasteiger partial charge in [-0.3, -0.25) is 4.79 Å². The summed E-state index contributed by atoms with van der Waals surface area (Å²) in [5.74, 6) is -0.140. The van der Waals surface area contributed by atoms with Crippen molar-refractivity contribution in [2.75, 3.05) is 5.32 Å². The van der Waals surface area contributed by atoms with E-state index in [1.54, 1.807) is 6.92 Å². The number of rotatable bonds is 4. The van der Waals surface area contributed by atoms with Crippen molar-refractivity contribution < 1.29 is 4.79 Å². The lowest BCUT2D eigenvalue weighted by Crippen LogP contribution is -2.32. The van der Waals surface area contributed by atoms with Crippen molar-refractivity contribution in [2.45, 2.75) is 32.7 Å². The largest absolute Gasteiger partial charge is 0.324 e. The number of carbonyl (C=O) groups is 1. The Hall–Kier alpha value is -1.35. The van der Waals surface area contributed by atoms with Crippen molar-refractivity contribution in [3.63, 3.8) is 0 Å². The maximum atomic E-state index is 11.4. The molecule has 15 heavy (non-hydrogen) atoms. The lowest BCUT2D eigenvalue weighted by atomic mass is 10.1. The molecule has 82 valence electrons. The van der Waals surface area contributed by atoms with Gasteiger partial charge in [0, 0.05) is 5.69 Å². The van der Waals surface area contributed by atoms with Crippen LogP contribution in [-0.4, -0.2) is 11.9 Å². The number of nitrogens with two attached hydrogens (primary N) is 1. The van der Waals surface area contributed by atoms with E-state index in [0.29, 0.717) is 0 Å². The quantitative estimate of drug-likeness (QED) is 0.790. The van der Waals surface area contributed by atoms with Crippen LogP contribution in [0.2, 0.25) is 0 Å². The van der Waals surface area contributed by atoms with Crippen LogP contribution in [0, 0.1) is 0 Å². The molecule has 0 aromatic heterocycles. The zero-order chi connectivity index (χ0) is 11.3. The Balaban J connectivity index is 2.79. The van der Waals surface area contributed by atoms with Crippen LogP contribution in [0.25, 0.3) is 0 Å². The second-order valence-corrected chi connectivity index (χ2v) is 3.69. The average Bonchev–Trinajstić information content (AvgIpc) is 2.21. The van der Waals surface area contributed by atoms with E-state index >= 15 is 0 Å². The second kappa shape index (κ2) is 5.51. The van der Waals surface area contributed by atoms with Crippen molar-refractivity contribution >= 4 is 11.6 Å². The molecule has 0 radical (unpaired) electrons. The molecular formula is C12H18N2O. The van der Waals surface area contributed by atoms with Crippen LogP contribution in [-0.2, 0) is 11.2 Å². The van der Waals surface area contributed by atoms with Crippen LogP contribution in [0.5, 0.6) is 0 Å². The van der Waals surface area contributed by atoms with Crippen molar-refractivity contribution in [3.8, 4) is 0 Å². The molecule has 0 fully saturated rings. The van der Waals surface area contributed by atoms with E-state index in [1.165, 1.54) is 0 Å². The maximum Gasteiger partial charge on any atom is 0.241 e. The molecule has 0 aliphatic rings. The van der Waals surface area contributed by atoms with E-state index in [0.717, 1.165) is 24.1 Å². The summed E-state index contributed by atoms with van der Waals surface area (Å²) in [6.45, 7) is 3.79. The molecule has 0 aliphatic carbocycles. The molecule has 0 spiro atoms. The Labute approximate surface area is 90.7 Å². The molecule has 0 heterocycles. The fourth-order valence-corrected chi connectivity index (χ4v) is 1.38. The summed E-state index contributed by atoms with van der Waals surface area (Å²) in [5, 5.41) is 2.83. The fourth-order valence-electron chi connectivity index (χ4n) is 1.38. The Morgan fingerprint density at radius 2 is 2.13 bits per heavy atom. The van der Waals surface area contributed by atoms with Crippen LogP contribution < -0.4 is 11.1 Å². The van der Waals surface area contributed by atoms with E-state index < -0.39 is 6.04 Å². The molecule has 1 aromatic carbocycles. The SMILES string of the molecule is CCCc1ccccc1NC(=O)[C@@H](C)N. The molecular weight excluding hydrogens is 188 g/mol. The molecule has 1 aromatic rings. The smallest absolute Gasteiger partial charge is 0.241 e. The summed E-state index contributed by atoms with van der Waals surface area (Å²) in [4.78, 5) is 11.4. The normalized spacial score (nSPS) is 12.2. The minimum absolute atomic E-state index is 0.140. The van der Waals surface area contributed by atoms with Crippen LogP contribution >= 0.6 is 0 Å². The summed E-state index contributed by atoms with van der Waals surface area (Å²) in [6, 6.07) is 7.35. The zero-order valence-electron chi connectivity index (χ0n) is 9.29. The third-order valence-electron chi connectivity index (χ3n) is 2.21. The summed E-state index contributed by atoms with van der Waals surface area (Å²) in [7, 11) is 0. The molecule has 0 saturated carbocycles. The van der Waals surface area contributed by atoms with Crippen LogP contribution in [0.3, 0.4) is 0 Å². The Morgan fingerprint density at radius 3 is 2.73 bits per heavy atom. The van der Waals surface area contributed by atoms with Gasteiger partial charge in [0.15, 0.2) is 0 Å². The van der Waals surface area contributed by atoms with Gasteiger partial charge in [0.25, 0.3) is 0 Å². The van der Waals surface area contributed by atoms with Gasteiger partial charge in [-0.05, 0) is 25.0 Å².